The van der Waals surface area contributed by atoms with Crippen LogP contribution in [0.25, 0.3) is 0 Å². The molecule has 1 aromatic carbocycles. The summed E-state index contributed by atoms with van der Waals surface area (Å²) in [6, 6.07) is 7.33. The number of nitrogens with one attached hydrogen (secondary N) is 1. The molecule has 0 unspecified atom stereocenters. The number of ether oxygens (including phenoxy) is 1. The monoisotopic (exact) mass is 395 g/mol. The summed E-state index contributed by atoms with van der Waals surface area (Å²) < 4.78 is 32.1. The lowest BCUT2D eigenvalue weighted by Crippen LogP contribution is -2.54. The second kappa shape index (κ2) is 8.68. The fourth-order valence-electron chi connectivity index (χ4n) is 3.74. The maximum Gasteiger partial charge on any atom is 0.240 e. The Morgan fingerprint density at radius 2 is 1.74 bits per heavy atom. The van der Waals surface area contributed by atoms with Gasteiger partial charge in [0, 0.05) is 19.6 Å². The molecule has 3 rings (SSSR count). The summed E-state index contributed by atoms with van der Waals surface area (Å²) >= 11 is 0. The third-order valence-electron chi connectivity index (χ3n) is 5.46. The fraction of sp³-hybridized carbons (Fsp3) is 0.632. The topological polar surface area (TPSA) is 102 Å². The van der Waals surface area contributed by atoms with Gasteiger partial charge in [0.15, 0.2) is 0 Å². The van der Waals surface area contributed by atoms with Gasteiger partial charge in [-0.1, -0.05) is 43.5 Å². The summed E-state index contributed by atoms with van der Waals surface area (Å²) in [6.07, 6.45) is 4.46. The lowest BCUT2D eigenvalue weighted by atomic mass is 9.82. The molecule has 0 radical (unpaired) electrons. The summed E-state index contributed by atoms with van der Waals surface area (Å²) in [6.45, 7) is 1.91. The van der Waals surface area contributed by atoms with E-state index in [1.165, 1.54) is 4.31 Å². The van der Waals surface area contributed by atoms with Crippen LogP contribution in [0.5, 0.6) is 0 Å². The highest BCUT2D eigenvalue weighted by Gasteiger charge is 2.35. The number of hydrogen-bond donors (Lipinski definition) is 2. The van der Waals surface area contributed by atoms with Crippen LogP contribution >= 0.6 is 0 Å². The van der Waals surface area contributed by atoms with Gasteiger partial charge < -0.3 is 15.8 Å². The van der Waals surface area contributed by atoms with E-state index in [4.69, 9.17) is 10.5 Å². The number of sulfonamides is 1. The predicted molar refractivity (Wildman–Crippen MR) is 103 cm³/mol. The molecule has 0 spiro atoms. The van der Waals surface area contributed by atoms with Gasteiger partial charge in [-0.2, -0.15) is 4.31 Å². The molecule has 27 heavy (non-hydrogen) atoms. The van der Waals surface area contributed by atoms with Crippen molar-refractivity contribution in [3.63, 3.8) is 0 Å². The lowest BCUT2D eigenvalue weighted by molar-refractivity contribution is -0.127. The van der Waals surface area contributed by atoms with Gasteiger partial charge in [-0.05, 0) is 24.0 Å². The van der Waals surface area contributed by atoms with Crippen molar-refractivity contribution in [3.8, 4) is 0 Å². The molecule has 0 bridgehead atoms. The first-order valence-electron chi connectivity index (χ1n) is 9.60. The maximum absolute atomic E-state index is 12.7. The van der Waals surface area contributed by atoms with Crippen LogP contribution in [0, 0.1) is 0 Å². The minimum atomic E-state index is -3.41. The Morgan fingerprint density at radius 1 is 1.11 bits per heavy atom. The molecule has 1 aliphatic carbocycles. The molecule has 1 saturated carbocycles. The average molecular weight is 396 g/mol. The van der Waals surface area contributed by atoms with E-state index in [2.05, 4.69) is 5.32 Å². The Labute approximate surface area is 161 Å². The SMILES string of the molecule is NC1(C(=O)NCc2ccccc2CS(=O)(=O)N2CCOCC2)CCCCC1. The molecule has 2 fully saturated rings. The van der Waals surface area contributed by atoms with Crippen molar-refractivity contribution in [2.75, 3.05) is 26.3 Å². The molecule has 150 valence electrons. The minimum Gasteiger partial charge on any atom is -0.379 e. The van der Waals surface area contributed by atoms with Crippen molar-refractivity contribution in [1.29, 1.82) is 0 Å². The Hall–Kier alpha value is -1.48. The smallest absolute Gasteiger partial charge is 0.240 e. The second-order valence-electron chi connectivity index (χ2n) is 7.44. The minimum absolute atomic E-state index is 0.0766. The second-order valence-corrected chi connectivity index (χ2v) is 9.40. The number of hydrogen-bond acceptors (Lipinski definition) is 5. The number of nitrogens with zero attached hydrogens (tertiary/aromatic N) is 1. The number of nitrogens with two attached hydrogens (primary N) is 1. The molecule has 1 heterocycles. The highest BCUT2D eigenvalue weighted by atomic mass is 32.2. The Bertz CT molecular complexity index is 754. The first-order valence-corrected chi connectivity index (χ1v) is 11.2. The highest BCUT2D eigenvalue weighted by Crippen LogP contribution is 2.26. The van der Waals surface area contributed by atoms with E-state index in [9.17, 15) is 13.2 Å². The van der Waals surface area contributed by atoms with E-state index in [0.29, 0.717) is 44.7 Å². The van der Waals surface area contributed by atoms with Crippen LogP contribution < -0.4 is 11.1 Å². The molecular formula is C19H29N3O4S. The van der Waals surface area contributed by atoms with Gasteiger partial charge >= 0.3 is 0 Å². The first kappa shape index (κ1) is 20.3. The maximum atomic E-state index is 12.7. The molecule has 3 N–H and O–H groups in total. The van der Waals surface area contributed by atoms with Gasteiger partial charge in [-0.15, -0.1) is 0 Å². The largest absolute Gasteiger partial charge is 0.379 e. The number of benzene rings is 1. The zero-order valence-electron chi connectivity index (χ0n) is 15.7. The Kier molecular flexibility index (Phi) is 6.52. The zero-order valence-corrected chi connectivity index (χ0v) is 16.5. The van der Waals surface area contributed by atoms with Crippen molar-refractivity contribution < 1.29 is 17.9 Å². The van der Waals surface area contributed by atoms with Crippen molar-refractivity contribution in [3.05, 3.63) is 35.4 Å². The molecule has 2 aliphatic rings. The van der Waals surface area contributed by atoms with Gasteiger partial charge in [0.2, 0.25) is 15.9 Å². The van der Waals surface area contributed by atoms with Gasteiger partial charge in [0.1, 0.15) is 0 Å². The van der Waals surface area contributed by atoms with E-state index in [1.54, 1.807) is 6.07 Å². The van der Waals surface area contributed by atoms with E-state index < -0.39 is 15.6 Å². The van der Waals surface area contributed by atoms with Gasteiger partial charge in [0.05, 0.1) is 24.5 Å². The number of morpholine rings is 1. The van der Waals surface area contributed by atoms with Crippen LogP contribution in [-0.2, 0) is 31.9 Å². The summed E-state index contributed by atoms with van der Waals surface area (Å²) in [7, 11) is -3.41. The number of carbonyl (C=O) groups is 1. The zero-order chi connectivity index (χ0) is 19.3. The summed E-state index contributed by atoms with van der Waals surface area (Å²) in [4.78, 5) is 12.6. The van der Waals surface area contributed by atoms with Crippen LogP contribution in [-0.4, -0.2) is 50.5 Å². The number of carbonyl (C=O) groups excluding carboxylic acids is 1. The van der Waals surface area contributed by atoms with Crippen LogP contribution in [0.1, 0.15) is 43.2 Å². The summed E-state index contributed by atoms with van der Waals surface area (Å²) in [5.41, 5.74) is 6.99. The van der Waals surface area contributed by atoms with E-state index in [0.717, 1.165) is 24.8 Å². The Morgan fingerprint density at radius 3 is 2.41 bits per heavy atom. The standard InChI is InChI=1S/C19H29N3O4S/c20-19(8-4-1-5-9-19)18(23)21-14-16-6-2-3-7-17(16)15-27(24,25)22-10-12-26-13-11-22/h2-3,6-7H,1,4-5,8-15,20H2,(H,21,23). The molecule has 8 heteroatoms. The first-order chi connectivity index (χ1) is 12.9. The molecule has 1 aliphatic heterocycles. The fourth-order valence-corrected chi connectivity index (χ4v) is 5.31. The third-order valence-corrected chi connectivity index (χ3v) is 7.28. The normalized spacial score (nSPS) is 20.9. The number of amides is 1. The molecule has 1 aromatic rings. The van der Waals surface area contributed by atoms with Crippen molar-refractivity contribution in [2.45, 2.75) is 49.9 Å². The van der Waals surface area contributed by atoms with Crippen molar-refractivity contribution in [2.24, 2.45) is 5.73 Å². The Balaban J connectivity index is 1.66. The number of rotatable bonds is 6. The van der Waals surface area contributed by atoms with E-state index in [1.807, 2.05) is 18.2 Å². The van der Waals surface area contributed by atoms with Gasteiger partial charge in [-0.3, -0.25) is 4.79 Å². The molecule has 1 amide bonds. The van der Waals surface area contributed by atoms with E-state index in [-0.39, 0.29) is 18.2 Å². The van der Waals surface area contributed by atoms with Gasteiger partial charge in [-0.25, -0.2) is 8.42 Å². The molecule has 0 aromatic heterocycles. The lowest BCUT2D eigenvalue weighted by Gasteiger charge is -2.32. The molecule has 7 nitrogen and oxygen atoms in total. The van der Waals surface area contributed by atoms with E-state index >= 15 is 0 Å². The molecule has 0 atom stereocenters. The summed E-state index contributed by atoms with van der Waals surface area (Å²) in [5.74, 6) is -0.222. The van der Waals surface area contributed by atoms with Crippen molar-refractivity contribution in [1.82, 2.24) is 9.62 Å². The van der Waals surface area contributed by atoms with Crippen LogP contribution in [0.15, 0.2) is 24.3 Å². The quantitative estimate of drug-likeness (QED) is 0.752. The van der Waals surface area contributed by atoms with Crippen LogP contribution in [0.3, 0.4) is 0 Å². The highest BCUT2D eigenvalue weighted by molar-refractivity contribution is 7.88. The van der Waals surface area contributed by atoms with Crippen LogP contribution in [0.4, 0.5) is 0 Å². The van der Waals surface area contributed by atoms with Crippen molar-refractivity contribution >= 4 is 15.9 Å². The predicted octanol–water partition coefficient (Wildman–Crippen LogP) is 1.13. The third kappa shape index (κ3) is 5.07. The van der Waals surface area contributed by atoms with Crippen LogP contribution in [0.2, 0.25) is 0 Å². The molecule has 1 saturated heterocycles. The average Bonchev–Trinajstić information content (AvgIpc) is 2.68. The molecular weight excluding hydrogens is 366 g/mol. The van der Waals surface area contributed by atoms with Gasteiger partial charge in [0.25, 0.3) is 0 Å². The summed E-state index contributed by atoms with van der Waals surface area (Å²) in [5, 5.41) is 2.92.